The fraction of sp³-hybridized carbons (Fsp3) is 0.583. The van der Waals surface area contributed by atoms with E-state index in [0.717, 1.165) is 24.0 Å². The van der Waals surface area contributed by atoms with Crippen molar-refractivity contribution in [3.63, 3.8) is 0 Å². The van der Waals surface area contributed by atoms with Crippen LogP contribution in [0.1, 0.15) is 29.0 Å². The smallest absolute Gasteiger partial charge is 0.354 e. The zero-order valence-corrected chi connectivity index (χ0v) is 10.8. The van der Waals surface area contributed by atoms with E-state index in [4.69, 9.17) is 0 Å². The van der Waals surface area contributed by atoms with E-state index in [0.29, 0.717) is 5.69 Å². The van der Waals surface area contributed by atoms with Crippen LogP contribution in [0.15, 0.2) is 12.1 Å². The van der Waals surface area contributed by atoms with Crippen LogP contribution < -0.4 is 5.32 Å². The number of carbonyl (C=O) groups is 1. The summed E-state index contributed by atoms with van der Waals surface area (Å²) in [7, 11) is 1.39. The second kappa shape index (κ2) is 6.12. The van der Waals surface area contributed by atoms with Gasteiger partial charge in [-0.15, -0.1) is 0 Å². The fourth-order valence-electron chi connectivity index (χ4n) is 1.95. The van der Waals surface area contributed by atoms with Crippen LogP contribution in [0, 0.1) is 0 Å². The summed E-state index contributed by atoms with van der Waals surface area (Å²) in [6.45, 7) is 1.81. The first-order valence-electron chi connectivity index (χ1n) is 5.88. The van der Waals surface area contributed by atoms with Gasteiger partial charge < -0.3 is 15.0 Å². The molecule has 1 fully saturated rings. The number of hydrogen-bond acceptors (Lipinski definition) is 4. The molecule has 0 amide bonds. The lowest BCUT2D eigenvalue weighted by Gasteiger charge is -2.08. The van der Waals surface area contributed by atoms with Crippen molar-refractivity contribution in [2.45, 2.75) is 24.6 Å². The summed E-state index contributed by atoms with van der Waals surface area (Å²) in [6, 6.07) is 3.67. The number of carbonyl (C=O) groups excluding carboxylic acids is 1. The molecule has 0 aliphatic carbocycles. The van der Waals surface area contributed by atoms with Crippen molar-refractivity contribution < 1.29 is 9.53 Å². The highest BCUT2D eigenvalue weighted by Crippen LogP contribution is 2.25. The molecule has 94 valence electrons. The van der Waals surface area contributed by atoms with Gasteiger partial charge in [0, 0.05) is 24.0 Å². The van der Waals surface area contributed by atoms with Gasteiger partial charge in [0.25, 0.3) is 0 Å². The molecule has 1 aliphatic heterocycles. The molecule has 4 nitrogen and oxygen atoms in total. The predicted molar refractivity (Wildman–Crippen MR) is 69.3 cm³/mol. The van der Waals surface area contributed by atoms with Crippen LogP contribution in [0.3, 0.4) is 0 Å². The van der Waals surface area contributed by atoms with E-state index < -0.39 is 0 Å². The van der Waals surface area contributed by atoms with E-state index in [1.807, 2.05) is 17.8 Å². The number of methoxy groups -OCH3 is 1. The lowest BCUT2D eigenvalue weighted by molar-refractivity contribution is 0.0594. The minimum atomic E-state index is -0.317. The molecular weight excluding hydrogens is 236 g/mol. The fourth-order valence-corrected chi connectivity index (χ4v) is 3.18. The van der Waals surface area contributed by atoms with Crippen molar-refractivity contribution in [1.29, 1.82) is 0 Å². The zero-order valence-electron chi connectivity index (χ0n) is 9.99. The minimum Gasteiger partial charge on any atom is -0.464 e. The second-order valence-corrected chi connectivity index (χ2v) is 5.56. The highest BCUT2D eigenvalue weighted by molar-refractivity contribution is 8.00. The zero-order chi connectivity index (χ0) is 12.1. The maximum atomic E-state index is 11.2. The number of nitrogens with one attached hydrogen (secondary N) is 2. The van der Waals surface area contributed by atoms with Crippen molar-refractivity contribution in [2.24, 2.45) is 0 Å². The van der Waals surface area contributed by atoms with Gasteiger partial charge in [0.15, 0.2) is 0 Å². The number of thioether (sulfide) groups is 1. The normalized spacial score (nSPS) is 19.5. The molecule has 0 radical (unpaired) electrons. The summed E-state index contributed by atoms with van der Waals surface area (Å²) in [5, 5.41) is 4.16. The molecule has 0 saturated carbocycles. The Labute approximate surface area is 106 Å². The average Bonchev–Trinajstić information content (AvgIpc) is 2.99. The topological polar surface area (TPSA) is 54.1 Å². The quantitative estimate of drug-likeness (QED) is 0.787. The Morgan fingerprint density at radius 2 is 2.53 bits per heavy atom. The van der Waals surface area contributed by atoms with Gasteiger partial charge in [-0.05, 0) is 30.7 Å². The van der Waals surface area contributed by atoms with Gasteiger partial charge in [0.1, 0.15) is 5.69 Å². The molecule has 2 rings (SSSR count). The summed E-state index contributed by atoms with van der Waals surface area (Å²) >= 11 is 2.04. The highest BCUT2D eigenvalue weighted by Gasteiger charge is 2.14. The molecule has 0 spiro atoms. The van der Waals surface area contributed by atoms with E-state index in [2.05, 4.69) is 15.0 Å². The van der Waals surface area contributed by atoms with Crippen LogP contribution in [0.25, 0.3) is 0 Å². The molecule has 0 bridgehead atoms. The van der Waals surface area contributed by atoms with Crippen molar-refractivity contribution >= 4 is 17.7 Å². The van der Waals surface area contributed by atoms with E-state index in [-0.39, 0.29) is 5.97 Å². The second-order valence-electron chi connectivity index (χ2n) is 4.15. The predicted octanol–water partition coefficient (Wildman–Crippen LogP) is 1.79. The van der Waals surface area contributed by atoms with Crippen LogP contribution in [-0.2, 0) is 11.3 Å². The molecule has 1 saturated heterocycles. The van der Waals surface area contributed by atoms with Crippen LogP contribution in [0.4, 0.5) is 0 Å². The molecule has 1 aromatic heterocycles. The van der Waals surface area contributed by atoms with Crippen LogP contribution in [0.2, 0.25) is 0 Å². The lowest BCUT2D eigenvalue weighted by Crippen LogP contribution is -2.22. The molecule has 5 heteroatoms. The average molecular weight is 254 g/mol. The van der Waals surface area contributed by atoms with E-state index in [1.165, 1.54) is 25.7 Å². The lowest BCUT2D eigenvalue weighted by atomic mass is 10.2. The van der Waals surface area contributed by atoms with Gasteiger partial charge in [-0.25, -0.2) is 4.79 Å². The first-order chi connectivity index (χ1) is 8.29. The molecule has 1 aliphatic rings. The number of ether oxygens (including phenoxy) is 1. The molecule has 2 heterocycles. The van der Waals surface area contributed by atoms with Crippen LogP contribution >= 0.6 is 11.8 Å². The SMILES string of the molecule is COC(=O)c1ccc(CNCC2CCCS2)[nH]1. The third-order valence-corrected chi connectivity index (χ3v) is 4.26. The van der Waals surface area contributed by atoms with Gasteiger partial charge >= 0.3 is 5.97 Å². The number of H-pyrrole nitrogens is 1. The van der Waals surface area contributed by atoms with Crippen LogP contribution in [0.5, 0.6) is 0 Å². The highest BCUT2D eigenvalue weighted by atomic mass is 32.2. The molecule has 1 unspecified atom stereocenters. The third kappa shape index (κ3) is 3.51. The largest absolute Gasteiger partial charge is 0.464 e. The summed E-state index contributed by atoms with van der Waals surface area (Å²) in [5.41, 5.74) is 1.54. The molecule has 1 aromatic rings. The van der Waals surface area contributed by atoms with Gasteiger partial charge in [-0.2, -0.15) is 11.8 Å². The molecule has 2 N–H and O–H groups in total. The Balaban J connectivity index is 1.74. The number of rotatable bonds is 5. The third-order valence-electron chi connectivity index (χ3n) is 2.86. The van der Waals surface area contributed by atoms with Gasteiger partial charge in [-0.1, -0.05) is 0 Å². The van der Waals surface area contributed by atoms with Gasteiger partial charge in [-0.3, -0.25) is 0 Å². The monoisotopic (exact) mass is 254 g/mol. The van der Waals surface area contributed by atoms with Crippen molar-refractivity contribution in [2.75, 3.05) is 19.4 Å². The first-order valence-corrected chi connectivity index (χ1v) is 6.93. The first kappa shape index (κ1) is 12.5. The van der Waals surface area contributed by atoms with E-state index in [9.17, 15) is 4.79 Å². The molecular formula is C12H18N2O2S. The molecule has 17 heavy (non-hydrogen) atoms. The summed E-state index contributed by atoms with van der Waals surface area (Å²) in [4.78, 5) is 14.3. The van der Waals surface area contributed by atoms with Crippen LogP contribution in [-0.4, -0.2) is 35.6 Å². The summed E-state index contributed by atoms with van der Waals surface area (Å²) in [5.74, 6) is 0.976. The Bertz CT molecular complexity index is 372. The van der Waals surface area contributed by atoms with Crippen molar-refractivity contribution in [3.05, 3.63) is 23.5 Å². The number of esters is 1. The summed E-state index contributed by atoms with van der Waals surface area (Å²) in [6.07, 6.45) is 2.65. The Hall–Kier alpha value is -0.940. The van der Waals surface area contributed by atoms with E-state index in [1.54, 1.807) is 6.07 Å². The number of aromatic amines is 1. The molecule has 0 aromatic carbocycles. The van der Waals surface area contributed by atoms with Crippen molar-refractivity contribution in [3.8, 4) is 0 Å². The van der Waals surface area contributed by atoms with Gasteiger partial charge in [0.2, 0.25) is 0 Å². The Morgan fingerprint density at radius 3 is 3.24 bits per heavy atom. The summed E-state index contributed by atoms with van der Waals surface area (Å²) < 4.78 is 4.64. The Kier molecular flexibility index (Phi) is 4.50. The number of hydrogen-bond donors (Lipinski definition) is 2. The van der Waals surface area contributed by atoms with Gasteiger partial charge in [0.05, 0.1) is 7.11 Å². The van der Waals surface area contributed by atoms with Crippen molar-refractivity contribution in [1.82, 2.24) is 10.3 Å². The number of aromatic nitrogens is 1. The minimum absolute atomic E-state index is 0.317. The maximum absolute atomic E-state index is 11.2. The molecule has 1 atom stereocenters. The maximum Gasteiger partial charge on any atom is 0.354 e. The van der Waals surface area contributed by atoms with E-state index >= 15 is 0 Å². The standard InChI is InChI=1S/C12H18N2O2S/c1-16-12(15)11-5-4-9(14-11)7-13-8-10-3-2-6-17-10/h4-5,10,13-14H,2-3,6-8H2,1H3. The Morgan fingerprint density at radius 1 is 1.65 bits per heavy atom.